The second-order valence-corrected chi connectivity index (χ2v) is 4.25. The second-order valence-electron chi connectivity index (χ2n) is 4.25. The summed E-state index contributed by atoms with van der Waals surface area (Å²) in [6.07, 6.45) is 3.38. The molecule has 0 aromatic rings. The van der Waals surface area contributed by atoms with Crippen molar-refractivity contribution in [3.8, 4) is 0 Å². The Morgan fingerprint density at radius 2 is 2.20 bits per heavy atom. The smallest absolute Gasteiger partial charge is 0.222 e. The summed E-state index contributed by atoms with van der Waals surface area (Å²) in [5, 5.41) is 12.7. The number of rotatable bonds is 5. The van der Waals surface area contributed by atoms with Crippen molar-refractivity contribution in [1.29, 1.82) is 0 Å². The number of aliphatic hydroxyl groups excluding tert-OH is 1. The number of nitrogens with zero attached hydrogens (tertiary/aromatic N) is 1. The highest BCUT2D eigenvalue weighted by molar-refractivity contribution is 5.76. The fourth-order valence-electron chi connectivity index (χ4n) is 1.93. The van der Waals surface area contributed by atoms with Crippen molar-refractivity contribution in [2.75, 3.05) is 20.1 Å². The number of nitrogens with one attached hydrogen (secondary N) is 1. The van der Waals surface area contributed by atoms with Crippen LogP contribution < -0.4 is 5.32 Å². The number of amides is 1. The van der Waals surface area contributed by atoms with E-state index in [-0.39, 0.29) is 11.9 Å². The molecule has 0 unspecified atom stereocenters. The van der Waals surface area contributed by atoms with Crippen LogP contribution in [0.4, 0.5) is 0 Å². The highest BCUT2D eigenvalue weighted by atomic mass is 16.3. The topological polar surface area (TPSA) is 52.6 Å². The van der Waals surface area contributed by atoms with Crippen LogP contribution in [0.5, 0.6) is 0 Å². The molecule has 4 nitrogen and oxygen atoms in total. The summed E-state index contributed by atoms with van der Waals surface area (Å²) < 4.78 is 0. The van der Waals surface area contributed by atoms with Crippen LogP contribution in [-0.4, -0.2) is 48.2 Å². The Kier molecular flexibility index (Phi) is 5.05. The van der Waals surface area contributed by atoms with Crippen molar-refractivity contribution < 1.29 is 9.90 Å². The summed E-state index contributed by atoms with van der Waals surface area (Å²) in [5.74, 6) is 0.149. The first-order valence-electron chi connectivity index (χ1n) is 5.81. The Hall–Kier alpha value is -0.610. The molecule has 1 fully saturated rings. The van der Waals surface area contributed by atoms with Crippen LogP contribution in [-0.2, 0) is 4.79 Å². The average Bonchev–Trinajstić information content (AvgIpc) is 2.63. The molecule has 0 aliphatic carbocycles. The van der Waals surface area contributed by atoms with E-state index in [1.165, 1.54) is 0 Å². The van der Waals surface area contributed by atoms with E-state index in [2.05, 4.69) is 12.2 Å². The molecule has 0 spiro atoms. The SMILES string of the molecule is CCCCCC(=O)N(C)[C@@H]1CNC[C@H]1O. The molecule has 4 heteroatoms. The zero-order chi connectivity index (χ0) is 11.3. The van der Waals surface area contributed by atoms with Crippen molar-refractivity contribution >= 4 is 5.91 Å². The maximum atomic E-state index is 11.7. The predicted molar refractivity (Wildman–Crippen MR) is 59.6 cm³/mol. The molecular weight excluding hydrogens is 192 g/mol. The number of unbranched alkanes of at least 4 members (excludes halogenated alkanes) is 2. The fourth-order valence-corrected chi connectivity index (χ4v) is 1.93. The molecule has 2 atom stereocenters. The number of carbonyl (C=O) groups excluding carboxylic acids is 1. The largest absolute Gasteiger partial charge is 0.390 e. The molecule has 0 aromatic heterocycles. The van der Waals surface area contributed by atoms with Crippen LogP contribution in [0.3, 0.4) is 0 Å². The van der Waals surface area contributed by atoms with Crippen molar-refractivity contribution in [1.82, 2.24) is 10.2 Å². The van der Waals surface area contributed by atoms with E-state index in [9.17, 15) is 9.90 Å². The lowest BCUT2D eigenvalue weighted by Gasteiger charge is -2.26. The van der Waals surface area contributed by atoms with Gasteiger partial charge < -0.3 is 15.3 Å². The molecule has 1 heterocycles. The van der Waals surface area contributed by atoms with E-state index >= 15 is 0 Å². The second kappa shape index (κ2) is 6.08. The Bertz CT molecular complexity index is 209. The maximum absolute atomic E-state index is 11.7. The van der Waals surface area contributed by atoms with Gasteiger partial charge in [0.15, 0.2) is 0 Å². The van der Waals surface area contributed by atoms with Crippen LogP contribution in [0.1, 0.15) is 32.6 Å². The number of hydrogen-bond acceptors (Lipinski definition) is 3. The lowest BCUT2D eigenvalue weighted by Crippen LogP contribution is -2.44. The number of β-amino-alcohol motifs (C(OH)–C–C–N with tert-alkyl or cyclic N) is 1. The molecule has 2 N–H and O–H groups in total. The molecular formula is C11H22N2O2. The fraction of sp³-hybridized carbons (Fsp3) is 0.909. The summed E-state index contributed by atoms with van der Waals surface area (Å²) >= 11 is 0. The Morgan fingerprint density at radius 1 is 1.47 bits per heavy atom. The lowest BCUT2D eigenvalue weighted by atomic mass is 10.1. The quantitative estimate of drug-likeness (QED) is 0.650. The van der Waals surface area contributed by atoms with Gasteiger partial charge in [-0.25, -0.2) is 0 Å². The third-order valence-electron chi connectivity index (χ3n) is 3.04. The minimum atomic E-state index is -0.412. The van der Waals surface area contributed by atoms with Gasteiger partial charge in [-0.2, -0.15) is 0 Å². The van der Waals surface area contributed by atoms with Crippen molar-refractivity contribution in [2.45, 2.75) is 44.8 Å². The van der Waals surface area contributed by atoms with E-state index in [4.69, 9.17) is 0 Å². The first-order valence-corrected chi connectivity index (χ1v) is 5.81. The standard InChI is InChI=1S/C11H22N2O2/c1-3-4-5-6-11(15)13(2)9-7-12-8-10(9)14/h9-10,12,14H,3-8H2,1-2H3/t9-,10-/m1/s1. The molecule has 1 saturated heterocycles. The molecule has 0 aromatic carbocycles. The molecule has 88 valence electrons. The zero-order valence-corrected chi connectivity index (χ0v) is 9.70. The van der Waals surface area contributed by atoms with E-state index < -0.39 is 6.10 Å². The summed E-state index contributed by atoms with van der Waals surface area (Å²) in [6.45, 7) is 3.42. The van der Waals surface area contributed by atoms with Gasteiger partial charge in [0.2, 0.25) is 5.91 Å². The van der Waals surface area contributed by atoms with Gasteiger partial charge in [-0.1, -0.05) is 19.8 Å². The van der Waals surface area contributed by atoms with Crippen molar-refractivity contribution in [3.63, 3.8) is 0 Å². The zero-order valence-electron chi connectivity index (χ0n) is 9.70. The molecule has 1 aliphatic heterocycles. The summed E-state index contributed by atoms with van der Waals surface area (Å²) in [7, 11) is 1.79. The number of hydrogen-bond donors (Lipinski definition) is 2. The minimum absolute atomic E-state index is 0.0425. The normalized spacial score (nSPS) is 25.5. The van der Waals surface area contributed by atoms with Gasteiger partial charge in [0.05, 0.1) is 12.1 Å². The molecule has 0 bridgehead atoms. The third-order valence-corrected chi connectivity index (χ3v) is 3.04. The highest BCUT2D eigenvalue weighted by Gasteiger charge is 2.30. The minimum Gasteiger partial charge on any atom is -0.390 e. The van der Waals surface area contributed by atoms with Gasteiger partial charge in [0, 0.05) is 26.6 Å². The van der Waals surface area contributed by atoms with E-state index in [0.29, 0.717) is 19.5 Å². The summed E-state index contributed by atoms with van der Waals surface area (Å²) in [4.78, 5) is 13.4. The molecule has 1 amide bonds. The van der Waals surface area contributed by atoms with Crippen LogP contribution in [0.25, 0.3) is 0 Å². The van der Waals surface area contributed by atoms with Gasteiger partial charge >= 0.3 is 0 Å². The van der Waals surface area contributed by atoms with E-state index in [1.807, 2.05) is 0 Å². The Morgan fingerprint density at radius 3 is 2.73 bits per heavy atom. The number of carbonyl (C=O) groups is 1. The van der Waals surface area contributed by atoms with Gasteiger partial charge in [0.1, 0.15) is 0 Å². The first kappa shape index (κ1) is 12.5. The maximum Gasteiger partial charge on any atom is 0.222 e. The monoisotopic (exact) mass is 214 g/mol. The van der Waals surface area contributed by atoms with Crippen LogP contribution in [0.2, 0.25) is 0 Å². The first-order chi connectivity index (χ1) is 7.16. The van der Waals surface area contributed by atoms with E-state index in [0.717, 1.165) is 19.3 Å². The van der Waals surface area contributed by atoms with Gasteiger partial charge in [-0.05, 0) is 6.42 Å². The molecule has 0 saturated carbocycles. The van der Waals surface area contributed by atoms with Crippen LogP contribution in [0.15, 0.2) is 0 Å². The number of aliphatic hydroxyl groups is 1. The molecule has 1 rings (SSSR count). The lowest BCUT2D eigenvalue weighted by molar-refractivity contribution is -0.133. The summed E-state index contributed by atoms with van der Waals surface area (Å²) in [5.41, 5.74) is 0. The Labute approximate surface area is 91.6 Å². The third kappa shape index (κ3) is 3.47. The van der Waals surface area contributed by atoms with Gasteiger partial charge in [-0.3, -0.25) is 4.79 Å². The van der Waals surface area contributed by atoms with Crippen LogP contribution >= 0.6 is 0 Å². The summed E-state index contributed by atoms with van der Waals surface area (Å²) in [6, 6.07) is -0.0425. The van der Waals surface area contributed by atoms with Crippen LogP contribution in [0, 0.1) is 0 Å². The van der Waals surface area contributed by atoms with Crippen molar-refractivity contribution in [2.24, 2.45) is 0 Å². The molecule has 1 aliphatic rings. The average molecular weight is 214 g/mol. The van der Waals surface area contributed by atoms with Gasteiger partial charge in [-0.15, -0.1) is 0 Å². The van der Waals surface area contributed by atoms with Crippen molar-refractivity contribution in [3.05, 3.63) is 0 Å². The Balaban J connectivity index is 2.31. The van der Waals surface area contributed by atoms with Gasteiger partial charge in [0.25, 0.3) is 0 Å². The van der Waals surface area contributed by atoms with E-state index in [1.54, 1.807) is 11.9 Å². The number of likely N-dealkylation sites (N-methyl/N-ethyl adjacent to an activating group) is 1. The predicted octanol–water partition coefficient (Wildman–Crippen LogP) is 0.358. The molecule has 0 radical (unpaired) electrons. The highest BCUT2D eigenvalue weighted by Crippen LogP contribution is 2.10. The molecule has 15 heavy (non-hydrogen) atoms.